The molecule has 20 heavy (non-hydrogen) atoms. The van der Waals surface area contributed by atoms with Gasteiger partial charge in [-0.25, -0.2) is 0 Å². The van der Waals surface area contributed by atoms with Crippen LogP contribution < -0.4 is 0 Å². The molecule has 0 heterocycles. The van der Waals surface area contributed by atoms with Crippen LogP contribution in [0.15, 0.2) is 22.7 Å². The molecule has 1 amide bonds. The molecule has 1 saturated carbocycles. The summed E-state index contributed by atoms with van der Waals surface area (Å²) in [5.74, 6) is -1.26. The van der Waals surface area contributed by atoms with Crippen molar-refractivity contribution in [3.63, 3.8) is 0 Å². The molecule has 4 nitrogen and oxygen atoms in total. The molecular formula is C14H15BrClNO3. The number of carbonyl (C=O) groups excluding carboxylic acids is 1. The summed E-state index contributed by atoms with van der Waals surface area (Å²) in [5.41, 5.74) is 0.423. The number of nitrogens with zero attached hydrogens (tertiary/aromatic N) is 1. The van der Waals surface area contributed by atoms with Gasteiger partial charge in [0, 0.05) is 16.1 Å². The van der Waals surface area contributed by atoms with Crippen LogP contribution in [0, 0.1) is 0 Å². The summed E-state index contributed by atoms with van der Waals surface area (Å²) >= 11 is 9.27. The molecular weight excluding hydrogens is 346 g/mol. The molecule has 0 spiro atoms. The predicted octanol–water partition coefficient (Wildman–Crippen LogP) is 3.57. The maximum absolute atomic E-state index is 12.5. The fraction of sp³-hybridized carbons (Fsp3) is 0.429. The highest BCUT2D eigenvalue weighted by Crippen LogP contribution is 2.27. The molecule has 1 aliphatic rings. The van der Waals surface area contributed by atoms with Crippen molar-refractivity contribution in [2.75, 3.05) is 6.54 Å². The van der Waals surface area contributed by atoms with Crippen molar-refractivity contribution in [2.24, 2.45) is 0 Å². The molecule has 0 saturated heterocycles. The zero-order valence-corrected chi connectivity index (χ0v) is 13.2. The molecule has 0 aromatic heterocycles. The van der Waals surface area contributed by atoms with Gasteiger partial charge < -0.3 is 10.0 Å². The summed E-state index contributed by atoms with van der Waals surface area (Å²) in [4.78, 5) is 25.0. The van der Waals surface area contributed by atoms with E-state index in [4.69, 9.17) is 16.7 Å². The number of rotatable bonds is 4. The summed E-state index contributed by atoms with van der Waals surface area (Å²) < 4.78 is 0.710. The van der Waals surface area contributed by atoms with Crippen molar-refractivity contribution in [3.8, 4) is 0 Å². The predicted molar refractivity (Wildman–Crippen MR) is 80.1 cm³/mol. The molecule has 0 bridgehead atoms. The molecule has 6 heteroatoms. The van der Waals surface area contributed by atoms with Gasteiger partial charge >= 0.3 is 5.97 Å². The fourth-order valence-electron chi connectivity index (χ4n) is 2.52. The quantitative estimate of drug-likeness (QED) is 0.893. The monoisotopic (exact) mass is 359 g/mol. The molecule has 0 aliphatic heterocycles. The molecule has 0 atom stereocenters. The Balaban J connectivity index is 2.24. The Morgan fingerprint density at radius 2 is 2.00 bits per heavy atom. The van der Waals surface area contributed by atoms with Crippen LogP contribution in [-0.4, -0.2) is 34.5 Å². The third kappa shape index (κ3) is 3.52. The third-order valence-electron chi connectivity index (χ3n) is 3.50. The van der Waals surface area contributed by atoms with Gasteiger partial charge in [-0.15, -0.1) is 0 Å². The van der Waals surface area contributed by atoms with Crippen molar-refractivity contribution in [1.29, 1.82) is 0 Å². The van der Waals surface area contributed by atoms with Crippen LogP contribution in [0.1, 0.15) is 36.0 Å². The van der Waals surface area contributed by atoms with Gasteiger partial charge in [-0.1, -0.05) is 24.4 Å². The van der Waals surface area contributed by atoms with E-state index in [2.05, 4.69) is 15.9 Å². The van der Waals surface area contributed by atoms with Gasteiger partial charge in [-0.2, -0.15) is 0 Å². The molecule has 2 rings (SSSR count). The lowest BCUT2D eigenvalue weighted by Crippen LogP contribution is -2.42. The molecule has 0 radical (unpaired) electrons. The highest BCUT2D eigenvalue weighted by atomic mass is 79.9. The minimum Gasteiger partial charge on any atom is -0.480 e. The second kappa shape index (κ2) is 6.59. The van der Waals surface area contributed by atoms with Crippen LogP contribution >= 0.6 is 27.5 Å². The second-order valence-corrected chi connectivity index (χ2v) is 6.16. The summed E-state index contributed by atoms with van der Waals surface area (Å²) in [6.07, 6.45) is 3.80. The van der Waals surface area contributed by atoms with Gasteiger partial charge in [0.25, 0.3) is 5.91 Å². The number of amides is 1. The van der Waals surface area contributed by atoms with E-state index >= 15 is 0 Å². The van der Waals surface area contributed by atoms with Crippen molar-refractivity contribution < 1.29 is 14.7 Å². The van der Waals surface area contributed by atoms with E-state index in [1.165, 1.54) is 4.90 Å². The third-order valence-corrected chi connectivity index (χ3v) is 4.73. The van der Waals surface area contributed by atoms with Crippen LogP contribution in [0.3, 0.4) is 0 Å². The van der Waals surface area contributed by atoms with E-state index in [0.29, 0.717) is 15.1 Å². The highest BCUT2D eigenvalue weighted by Gasteiger charge is 2.29. The van der Waals surface area contributed by atoms with Gasteiger partial charge in [0.05, 0.1) is 5.02 Å². The molecule has 0 unspecified atom stereocenters. The lowest BCUT2D eigenvalue weighted by atomic mass is 10.1. The molecule has 1 N–H and O–H groups in total. The van der Waals surface area contributed by atoms with Crippen molar-refractivity contribution in [3.05, 3.63) is 33.3 Å². The number of hydrogen-bond donors (Lipinski definition) is 1. The minimum absolute atomic E-state index is 0.0148. The first kappa shape index (κ1) is 15.3. The number of benzene rings is 1. The maximum Gasteiger partial charge on any atom is 0.323 e. The first-order chi connectivity index (χ1) is 9.49. The topological polar surface area (TPSA) is 57.6 Å². The molecule has 108 valence electrons. The Morgan fingerprint density at radius 1 is 1.35 bits per heavy atom. The Labute approximate surface area is 130 Å². The van der Waals surface area contributed by atoms with Gasteiger partial charge in [-0.05, 0) is 47.0 Å². The van der Waals surface area contributed by atoms with E-state index in [-0.39, 0.29) is 18.5 Å². The maximum atomic E-state index is 12.5. The second-order valence-electron chi connectivity index (χ2n) is 4.89. The van der Waals surface area contributed by atoms with Crippen LogP contribution in [0.2, 0.25) is 5.02 Å². The van der Waals surface area contributed by atoms with E-state index in [9.17, 15) is 9.59 Å². The van der Waals surface area contributed by atoms with Gasteiger partial charge in [-0.3, -0.25) is 9.59 Å². The number of carbonyl (C=O) groups is 2. The van der Waals surface area contributed by atoms with Crippen LogP contribution in [0.4, 0.5) is 0 Å². The van der Waals surface area contributed by atoms with Gasteiger partial charge in [0.1, 0.15) is 6.54 Å². The average molecular weight is 361 g/mol. The van der Waals surface area contributed by atoms with Crippen LogP contribution in [0.5, 0.6) is 0 Å². The fourth-order valence-corrected chi connectivity index (χ4v) is 2.95. The van der Waals surface area contributed by atoms with Crippen molar-refractivity contribution >= 4 is 39.4 Å². The Kier molecular flexibility index (Phi) is 5.05. The smallest absolute Gasteiger partial charge is 0.323 e. The Morgan fingerprint density at radius 3 is 2.55 bits per heavy atom. The number of carboxylic acid groups (broad SMARTS) is 1. The number of aliphatic carboxylic acids is 1. The van der Waals surface area contributed by atoms with E-state index in [0.717, 1.165) is 25.7 Å². The number of carboxylic acids is 1. The van der Waals surface area contributed by atoms with E-state index < -0.39 is 5.97 Å². The van der Waals surface area contributed by atoms with Crippen LogP contribution in [-0.2, 0) is 4.79 Å². The Bertz CT molecular complexity index is 529. The molecule has 1 aliphatic carbocycles. The van der Waals surface area contributed by atoms with Gasteiger partial charge in [0.2, 0.25) is 0 Å². The van der Waals surface area contributed by atoms with Crippen LogP contribution in [0.25, 0.3) is 0 Å². The van der Waals surface area contributed by atoms with E-state index in [1.54, 1.807) is 18.2 Å². The largest absolute Gasteiger partial charge is 0.480 e. The Hall–Kier alpha value is -1.07. The average Bonchev–Trinajstić information content (AvgIpc) is 2.92. The summed E-state index contributed by atoms with van der Waals surface area (Å²) in [6.45, 7) is -0.267. The normalized spacial score (nSPS) is 15.3. The lowest BCUT2D eigenvalue weighted by molar-refractivity contribution is -0.138. The number of halogens is 2. The molecule has 1 fully saturated rings. The highest BCUT2D eigenvalue weighted by molar-refractivity contribution is 9.10. The van der Waals surface area contributed by atoms with Crippen molar-refractivity contribution in [2.45, 2.75) is 31.7 Å². The zero-order chi connectivity index (χ0) is 14.7. The van der Waals surface area contributed by atoms with E-state index in [1.807, 2.05) is 0 Å². The first-order valence-electron chi connectivity index (χ1n) is 6.47. The standard InChI is InChI=1S/C14H15BrClNO3/c15-11-6-5-9(7-12(11)16)14(20)17(8-13(18)19)10-3-1-2-4-10/h5-7,10H,1-4,8H2,(H,18,19). The summed E-state index contributed by atoms with van der Waals surface area (Å²) in [5, 5.41) is 9.45. The SMILES string of the molecule is O=C(O)CN(C(=O)c1ccc(Br)c(Cl)c1)C1CCCC1. The first-order valence-corrected chi connectivity index (χ1v) is 7.64. The summed E-state index contributed by atoms with van der Waals surface area (Å²) in [7, 11) is 0. The zero-order valence-electron chi connectivity index (χ0n) is 10.8. The summed E-state index contributed by atoms with van der Waals surface area (Å²) in [6, 6.07) is 4.93. The van der Waals surface area contributed by atoms with Gasteiger partial charge in [0.15, 0.2) is 0 Å². The molecule has 1 aromatic rings. The number of hydrogen-bond acceptors (Lipinski definition) is 2. The lowest BCUT2D eigenvalue weighted by Gasteiger charge is -2.27. The van der Waals surface area contributed by atoms with Crippen molar-refractivity contribution in [1.82, 2.24) is 4.90 Å². The minimum atomic E-state index is -0.992. The molecule has 1 aromatic carbocycles.